The fourth-order valence-corrected chi connectivity index (χ4v) is 7.59. The molecule has 4 rings (SSSR count). The highest BCUT2D eigenvalue weighted by Crippen LogP contribution is 2.39. The quantitative estimate of drug-likeness (QED) is 0.474. The molecule has 11 heteroatoms. The molecular formula is C19H27ClFN3O5S. The summed E-state index contributed by atoms with van der Waals surface area (Å²) in [5.74, 6) is -1.09. The summed E-state index contributed by atoms with van der Waals surface area (Å²) < 4.78 is 42.0. The molecule has 168 valence electrons. The minimum absolute atomic E-state index is 0.0354. The summed E-state index contributed by atoms with van der Waals surface area (Å²) >= 11 is 5.95. The molecule has 0 aromatic carbocycles. The zero-order valence-electron chi connectivity index (χ0n) is 16.6. The van der Waals surface area contributed by atoms with Gasteiger partial charge in [0.1, 0.15) is 12.2 Å². The van der Waals surface area contributed by atoms with Crippen molar-refractivity contribution in [1.29, 1.82) is 0 Å². The van der Waals surface area contributed by atoms with E-state index in [-0.39, 0.29) is 55.4 Å². The molecule has 7 atom stereocenters. The van der Waals surface area contributed by atoms with Gasteiger partial charge in [0.2, 0.25) is 27.7 Å². The van der Waals surface area contributed by atoms with Crippen LogP contribution >= 0.6 is 11.6 Å². The Morgan fingerprint density at radius 2 is 1.83 bits per heavy atom. The molecule has 4 aliphatic rings. The number of imide groups is 1. The second-order valence-corrected chi connectivity index (χ2v) is 11.5. The summed E-state index contributed by atoms with van der Waals surface area (Å²) in [5.41, 5.74) is 0. The van der Waals surface area contributed by atoms with E-state index in [4.69, 9.17) is 11.6 Å². The lowest BCUT2D eigenvalue weighted by Gasteiger charge is -2.33. The van der Waals surface area contributed by atoms with Gasteiger partial charge < -0.3 is 4.90 Å². The topological polar surface area (TPSA) is 113 Å². The van der Waals surface area contributed by atoms with Crippen LogP contribution in [-0.2, 0) is 24.4 Å². The molecule has 30 heavy (non-hydrogen) atoms. The molecule has 3 amide bonds. The van der Waals surface area contributed by atoms with E-state index >= 15 is 0 Å². The van der Waals surface area contributed by atoms with Gasteiger partial charge in [-0.15, -0.1) is 11.6 Å². The predicted octanol–water partition coefficient (Wildman–Crippen LogP) is 0.836. The van der Waals surface area contributed by atoms with Crippen molar-refractivity contribution in [2.45, 2.75) is 80.2 Å². The number of fused-ring (bicyclic) bond motifs is 1. The Labute approximate surface area is 180 Å². The van der Waals surface area contributed by atoms with Crippen molar-refractivity contribution in [1.82, 2.24) is 14.9 Å². The normalized spacial score (nSPS) is 40.3. The van der Waals surface area contributed by atoms with Crippen LogP contribution < -0.4 is 10.0 Å². The largest absolute Gasteiger partial charge is 0.330 e. The Balaban J connectivity index is 1.37. The van der Waals surface area contributed by atoms with Crippen molar-refractivity contribution in [3.05, 3.63) is 0 Å². The maximum atomic E-state index is 13.6. The second-order valence-electron chi connectivity index (χ2n) is 8.96. The molecule has 0 aromatic rings. The number of halogens is 2. The Hall–Kier alpha value is -1.26. The van der Waals surface area contributed by atoms with E-state index in [0.717, 1.165) is 0 Å². The van der Waals surface area contributed by atoms with E-state index < -0.39 is 38.8 Å². The monoisotopic (exact) mass is 463 g/mol. The van der Waals surface area contributed by atoms with Crippen LogP contribution in [0.5, 0.6) is 0 Å². The Kier molecular flexibility index (Phi) is 6.11. The first-order valence-electron chi connectivity index (χ1n) is 10.6. The van der Waals surface area contributed by atoms with Gasteiger partial charge in [-0.1, -0.05) is 0 Å². The van der Waals surface area contributed by atoms with Gasteiger partial charge in [0.05, 0.1) is 10.6 Å². The summed E-state index contributed by atoms with van der Waals surface area (Å²) in [6.45, 7) is 0.394. The standard InChI is InChI=1S/C19H27ClFN3O5S/c20-14-8-12(2-4-15(14)21)30(28,29)23-11-1-3-13-10(7-11)9-24(19(13)27)16-5-6-17(25)22-18(16)26/h10-16,23H,1-9H2,(H,22,25,26). The number of sulfonamides is 1. The van der Waals surface area contributed by atoms with Gasteiger partial charge in [-0.05, 0) is 50.9 Å². The first kappa shape index (κ1) is 22.0. The lowest BCUT2D eigenvalue weighted by atomic mass is 9.79. The second kappa shape index (κ2) is 8.35. The minimum atomic E-state index is -3.63. The van der Waals surface area contributed by atoms with Crippen molar-refractivity contribution < 1.29 is 27.2 Å². The fraction of sp³-hybridized carbons (Fsp3) is 0.842. The van der Waals surface area contributed by atoms with Gasteiger partial charge in [0, 0.05) is 24.9 Å². The van der Waals surface area contributed by atoms with Gasteiger partial charge in [0.15, 0.2) is 0 Å². The zero-order chi connectivity index (χ0) is 21.6. The summed E-state index contributed by atoms with van der Waals surface area (Å²) in [6.07, 6.45) is 1.46. The smallest absolute Gasteiger partial charge is 0.249 e. The van der Waals surface area contributed by atoms with Crippen molar-refractivity contribution in [3.63, 3.8) is 0 Å². The number of carbonyl (C=O) groups excluding carboxylic acids is 3. The average molecular weight is 464 g/mol. The van der Waals surface area contributed by atoms with Crippen LogP contribution in [0, 0.1) is 11.8 Å². The number of hydrogen-bond acceptors (Lipinski definition) is 5. The summed E-state index contributed by atoms with van der Waals surface area (Å²) in [6, 6.07) is -0.921. The van der Waals surface area contributed by atoms with Crippen molar-refractivity contribution in [2.24, 2.45) is 11.8 Å². The SMILES string of the molecule is O=C1CCC(N2CC3CC(NS(=O)(=O)C4CCC(F)C(Cl)C4)CCC3C2=O)C(=O)N1. The molecule has 0 radical (unpaired) electrons. The third-order valence-electron chi connectivity index (χ3n) is 7.01. The van der Waals surface area contributed by atoms with Crippen molar-refractivity contribution in [3.8, 4) is 0 Å². The van der Waals surface area contributed by atoms with Gasteiger partial charge in [0.25, 0.3) is 0 Å². The number of nitrogens with one attached hydrogen (secondary N) is 2. The van der Waals surface area contributed by atoms with Gasteiger partial charge >= 0.3 is 0 Å². The number of nitrogens with zero attached hydrogens (tertiary/aromatic N) is 1. The first-order chi connectivity index (χ1) is 14.2. The third kappa shape index (κ3) is 4.23. The average Bonchev–Trinajstić information content (AvgIpc) is 2.99. The van der Waals surface area contributed by atoms with Crippen LogP contribution in [-0.4, -0.2) is 66.5 Å². The molecule has 2 saturated carbocycles. The molecule has 0 bridgehead atoms. The van der Waals surface area contributed by atoms with Gasteiger partial charge in [-0.3, -0.25) is 19.7 Å². The highest BCUT2D eigenvalue weighted by molar-refractivity contribution is 7.90. The van der Waals surface area contributed by atoms with Crippen LogP contribution in [0.2, 0.25) is 0 Å². The van der Waals surface area contributed by atoms with Crippen molar-refractivity contribution >= 4 is 39.3 Å². The molecular weight excluding hydrogens is 437 g/mol. The van der Waals surface area contributed by atoms with E-state index in [1.54, 1.807) is 4.90 Å². The number of hydrogen-bond donors (Lipinski definition) is 2. The number of amides is 3. The van der Waals surface area contributed by atoms with Crippen LogP contribution in [0.3, 0.4) is 0 Å². The number of piperidine rings is 1. The lowest BCUT2D eigenvalue weighted by molar-refractivity contribution is -0.144. The van der Waals surface area contributed by atoms with Gasteiger partial charge in [-0.2, -0.15) is 0 Å². The highest BCUT2D eigenvalue weighted by Gasteiger charge is 2.49. The van der Waals surface area contributed by atoms with E-state index in [1.807, 2.05) is 0 Å². The van der Waals surface area contributed by atoms with Crippen LogP contribution in [0.4, 0.5) is 4.39 Å². The van der Waals surface area contributed by atoms with Gasteiger partial charge in [-0.25, -0.2) is 17.5 Å². The summed E-state index contributed by atoms with van der Waals surface area (Å²) in [5, 5.41) is 0.804. The van der Waals surface area contributed by atoms with Crippen LogP contribution in [0.15, 0.2) is 0 Å². The van der Waals surface area contributed by atoms with E-state index in [0.29, 0.717) is 32.2 Å². The van der Waals surface area contributed by atoms with E-state index in [2.05, 4.69) is 10.0 Å². The molecule has 8 nitrogen and oxygen atoms in total. The molecule has 0 aromatic heterocycles. The number of alkyl halides is 2. The number of likely N-dealkylation sites (tertiary alicyclic amines) is 1. The lowest BCUT2D eigenvalue weighted by Crippen LogP contribution is -2.53. The molecule has 2 N–H and O–H groups in total. The van der Waals surface area contributed by atoms with Crippen LogP contribution in [0.1, 0.15) is 51.4 Å². The molecule has 2 aliphatic heterocycles. The van der Waals surface area contributed by atoms with Crippen molar-refractivity contribution in [2.75, 3.05) is 6.54 Å². The maximum Gasteiger partial charge on any atom is 0.249 e. The maximum absolute atomic E-state index is 13.6. The molecule has 7 unspecified atom stereocenters. The molecule has 0 spiro atoms. The Bertz CT molecular complexity index is 840. The highest BCUT2D eigenvalue weighted by atomic mass is 35.5. The van der Waals surface area contributed by atoms with E-state index in [1.165, 1.54) is 0 Å². The Morgan fingerprint density at radius 1 is 1.07 bits per heavy atom. The molecule has 2 saturated heterocycles. The summed E-state index contributed by atoms with van der Waals surface area (Å²) in [7, 11) is -3.63. The number of rotatable bonds is 4. The fourth-order valence-electron chi connectivity index (χ4n) is 5.37. The van der Waals surface area contributed by atoms with Crippen LogP contribution in [0.25, 0.3) is 0 Å². The zero-order valence-corrected chi connectivity index (χ0v) is 18.1. The number of carbonyl (C=O) groups is 3. The summed E-state index contributed by atoms with van der Waals surface area (Å²) in [4.78, 5) is 38.0. The Morgan fingerprint density at radius 3 is 2.53 bits per heavy atom. The first-order valence-corrected chi connectivity index (χ1v) is 12.6. The van der Waals surface area contributed by atoms with E-state index in [9.17, 15) is 27.2 Å². The minimum Gasteiger partial charge on any atom is -0.330 e. The molecule has 4 fully saturated rings. The third-order valence-corrected chi connectivity index (χ3v) is 9.43. The predicted molar refractivity (Wildman–Crippen MR) is 107 cm³/mol. The molecule has 2 heterocycles. The molecule has 2 aliphatic carbocycles.